The quantitative estimate of drug-likeness (QED) is 0.701. The fraction of sp³-hybridized carbons (Fsp3) is 0.0625. The summed E-state index contributed by atoms with van der Waals surface area (Å²) in [4.78, 5) is 4.31. The average molecular weight is 250 g/mol. The van der Waals surface area contributed by atoms with Gasteiger partial charge in [-0.1, -0.05) is 18.2 Å². The zero-order chi connectivity index (χ0) is 13.2. The van der Waals surface area contributed by atoms with Gasteiger partial charge in [-0.2, -0.15) is 0 Å². The summed E-state index contributed by atoms with van der Waals surface area (Å²) in [5, 5.41) is 0.978. The van der Waals surface area contributed by atoms with Gasteiger partial charge in [0.15, 0.2) is 5.75 Å². The summed E-state index contributed by atoms with van der Waals surface area (Å²) in [6.45, 7) is 1.97. The second-order valence-electron chi connectivity index (χ2n) is 4.42. The van der Waals surface area contributed by atoms with Crippen LogP contribution in [0.15, 0.2) is 54.7 Å². The molecule has 19 heavy (non-hydrogen) atoms. The summed E-state index contributed by atoms with van der Waals surface area (Å²) in [5.74, 6) is 1.44. The van der Waals surface area contributed by atoms with E-state index < -0.39 is 0 Å². The number of fused-ring (bicyclic) bond motifs is 1. The third kappa shape index (κ3) is 2.10. The van der Waals surface area contributed by atoms with Crippen molar-refractivity contribution in [2.24, 2.45) is 0 Å². The van der Waals surface area contributed by atoms with Crippen molar-refractivity contribution in [3.8, 4) is 11.5 Å². The highest BCUT2D eigenvalue weighted by atomic mass is 16.5. The van der Waals surface area contributed by atoms with Crippen LogP contribution in [0, 0.1) is 6.92 Å². The highest BCUT2D eigenvalue weighted by Crippen LogP contribution is 2.33. The lowest BCUT2D eigenvalue weighted by Crippen LogP contribution is -1.95. The lowest BCUT2D eigenvalue weighted by Gasteiger charge is -2.11. The van der Waals surface area contributed by atoms with Crippen LogP contribution >= 0.6 is 0 Å². The van der Waals surface area contributed by atoms with Crippen LogP contribution in [0.3, 0.4) is 0 Å². The molecule has 0 bridgehead atoms. The number of anilines is 1. The molecule has 94 valence electrons. The number of aromatic nitrogens is 1. The van der Waals surface area contributed by atoms with Crippen molar-refractivity contribution in [1.82, 2.24) is 4.98 Å². The Morgan fingerprint density at radius 1 is 0.947 bits per heavy atom. The fourth-order valence-electron chi connectivity index (χ4n) is 2.03. The molecular weight excluding hydrogens is 236 g/mol. The monoisotopic (exact) mass is 250 g/mol. The number of hydrogen-bond donors (Lipinski definition) is 1. The topological polar surface area (TPSA) is 48.1 Å². The zero-order valence-corrected chi connectivity index (χ0v) is 10.6. The largest absolute Gasteiger partial charge is 0.454 e. The first-order valence-corrected chi connectivity index (χ1v) is 6.12. The van der Waals surface area contributed by atoms with Crippen LogP contribution in [0.2, 0.25) is 0 Å². The number of nitrogen functional groups attached to an aromatic ring is 1. The normalized spacial score (nSPS) is 10.6. The molecular formula is C16H14N2O. The zero-order valence-electron chi connectivity index (χ0n) is 10.6. The van der Waals surface area contributed by atoms with Crippen molar-refractivity contribution in [3.63, 3.8) is 0 Å². The number of ether oxygens (including phenoxy) is 1. The van der Waals surface area contributed by atoms with E-state index in [1.165, 1.54) is 0 Å². The predicted octanol–water partition coefficient (Wildman–Crippen LogP) is 3.92. The molecule has 0 spiro atoms. The molecule has 0 amide bonds. The van der Waals surface area contributed by atoms with E-state index in [0.717, 1.165) is 22.2 Å². The van der Waals surface area contributed by atoms with Crippen LogP contribution in [0.25, 0.3) is 10.9 Å². The third-order valence-electron chi connectivity index (χ3n) is 3.11. The number of hydrogen-bond acceptors (Lipinski definition) is 3. The van der Waals surface area contributed by atoms with Crippen molar-refractivity contribution in [1.29, 1.82) is 0 Å². The van der Waals surface area contributed by atoms with Gasteiger partial charge in [0.1, 0.15) is 5.75 Å². The maximum Gasteiger partial charge on any atom is 0.150 e. The van der Waals surface area contributed by atoms with Crippen LogP contribution in [0.1, 0.15) is 5.56 Å². The maximum absolute atomic E-state index is 6.03. The van der Waals surface area contributed by atoms with E-state index in [4.69, 9.17) is 10.5 Å². The van der Waals surface area contributed by atoms with E-state index in [9.17, 15) is 0 Å². The summed E-state index contributed by atoms with van der Waals surface area (Å²) >= 11 is 0. The van der Waals surface area contributed by atoms with Crippen molar-refractivity contribution in [2.75, 3.05) is 5.73 Å². The van der Waals surface area contributed by atoms with Crippen molar-refractivity contribution in [3.05, 3.63) is 60.3 Å². The Balaban J connectivity index is 2.09. The number of aryl methyl sites for hydroxylation is 1. The Bertz CT molecular complexity index is 732. The highest BCUT2D eigenvalue weighted by Gasteiger charge is 2.07. The van der Waals surface area contributed by atoms with E-state index in [1.807, 2.05) is 55.5 Å². The predicted molar refractivity (Wildman–Crippen MR) is 77.4 cm³/mol. The number of rotatable bonds is 2. The molecule has 3 heteroatoms. The van der Waals surface area contributed by atoms with Crippen LogP contribution < -0.4 is 10.5 Å². The fourth-order valence-corrected chi connectivity index (χ4v) is 2.03. The Morgan fingerprint density at radius 2 is 1.74 bits per heavy atom. The summed E-state index contributed by atoms with van der Waals surface area (Å²) in [5.41, 5.74) is 8.62. The number of nitrogens with two attached hydrogens (primary N) is 1. The van der Waals surface area contributed by atoms with Crippen molar-refractivity contribution < 1.29 is 4.74 Å². The lowest BCUT2D eigenvalue weighted by atomic mass is 10.2. The minimum Gasteiger partial charge on any atom is -0.454 e. The first-order valence-electron chi connectivity index (χ1n) is 6.12. The second kappa shape index (κ2) is 4.61. The van der Waals surface area contributed by atoms with Gasteiger partial charge in [-0.3, -0.25) is 4.98 Å². The molecule has 3 nitrogen and oxygen atoms in total. The van der Waals surface area contributed by atoms with Gasteiger partial charge in [0.25, 0.3) is 0 Å². The van der Waals surface area contributed by atoms with Crippen LogP contribution in [0.5, 0.6) is 11.5 Å². The molecule has 1 heterocycles. The van der Waals surface area contributed by atoms with E-state index in [0.29, 0.717) is 11.4 Å². The number of benzene rings is 2. The summed E-state index contributed by atoms with van der Waals surface area (Å²) in [7, 11) is 0. The summed E-state index contributed by atoms with van der Waals surface area (Å²) < 4.78 is 5.94. The van der Waals surface area contributed by atoms with E-state index in [-0.39, 0.29) is 0 Å². The first-order chi connectivity index (χ1) is 9.25. The lowest BCUT2D eigenvalue weighted by molar-refractivity contribution is 0.490. The number of pyridine rings is 1. The molecule has 0 saturated heterocycles. The van der Waals surface area contributed by atoms with Crippen LogP contribution in [0.4, 0.5) is 5.69 Å². The smallest absolute Gasteiger partial charge is 0.150 e. The molecule has 1 aromatic heterocycles. The number of nitrogens with zero attached hydrogens (tertiary/aromatic N) is 1. The molecule has 0 aliphatic carbocycles. The van der Waals surface area contributed by atoms with Gasteiger partial charge in [-0.15, -0.1) is 0 Å². The minimum absolute atomic E-state index is 0.670. The molecule has 2 N–H and O–H groups in total. The molecule has 2 aromatic carbocycles. The molecule has 0 unspecified atom stereocenters. The average Bonchev–Trinajstić information content (AvgIpc) is 2.44. The van der Waals surface area contributed by atoms with E-state index >= 15 is 0 Å². The van der Waals surface area contributed by atoms with Crippen LogP contribution in [-0.2, 0) is 0 Å². The van der Waals surface area contributed by atoms with Gasteiger partial charge in [-0.05, 0) is 42.8 Å². The Kier molecular flexibility index (Phi) is 2.80. The van der Waals surface area contributed by atoms with Gasteiger partial charge in [-0.25, -0.2) is 0 Å². The Morgan fingerprint density at radius 3 is 2.63 bits per heavy atom. The van der Waals surface area contributed by atoms with Gasteiger partial charge in [0, 0.05) is 11.6 Å². The van der Waals surface area contributed by atoms with Crippen LogP contribution in [-0.4, -0.2) is 4.98 Å². The summed E-state index contributed by atoms with van der Waals surface area (Å²) in [6.07, 6.45) is 1.77. The third-order valence-corrected chi connectivity index (χ3v) is 3.11. The molecule has 3 rings (SSSR count). The molecule has 0 atom stereocenters. The first kappa shape index (κ1) is 11.5. The molecule has 0 fully saturated rings. The van der Waals surface area contributed by atoms with Crippen molar-refractivity contribution >= 4 is 16.6 Å². The van der Waals surface area contributed by atoms with E-state index in [1.54, 1.807) is 6.20 Å². The molecule has 0 aliphatic rings. The second-order valence-corrected chi connectivity index (χ2v) is 4.42. The molecule has 0 saturated carbocycles. The van der Waals surface area contributed by atoms with Gasteiger partial charge in [0.2, 0.25) is 0 Å². The SMILES string of the molecule is Cc1cccc(Oc2cccc3ncccc23)c1N. The minimum atomic E-state index is 0.670. The Labute approximate surface area is 111 Å². The van der Waals surface area contributed by atoms with Gasteiger partial charge >= 0.3 is 0 Å². The molecule has 0 aliphatic heterocycles. The van der Waals surface area contributed by atoms with Gasteiger partial charge in [0.05, 0.1) is 11.2 Å². The molecule has 0 radical (unpaired) electrons. The van der Waals surface area contributed by atoms with E-state index in [2.05, 4.69) is 4.98 Å². The summed E-state index contributed by atoms with van der Waals surface area (Å²) in [6, 6.07) is 15.5. The van der Waals surface area contributed by atoms with Gasteiger partial charge < -0.3 is 10.5 Å². The van der Waals surface area contributed by atoms with Crippen molar-refractivity contribution in [2.45, 2.75) is 6.92 Å². The molecule has 3 aromatic rings. The maximum atomic E-state index is 6.03. The number of para-hydroxylation sites is 1. The standard InChI is InChI=1S/C16H14N2O/c1-11-5-2-9-15(16(11)17)19-14-8-3-7-13-12(14)6-4-10-18-13/h2-10H,17H2,1H3. The Hall–Kier alpha value is -2.55. The highest BCUT2D eigenvalue weighted by molar-refractivity contribution is 5.85.